The van der Waals surface area contributed by atoms with Crippen LogP contribution in [0.3, 0.4) is 0 Å². The molecule has 8 heteroatoms. The van der Waals surface area contributed by atoms with Crippen molar-refractivity contribution >= 4 is 29.9 Å². The molecule has 2 heterocycles. The zero-order chi connectivity index (χ0) is 18.2. The van der Waals surface area contributed by atoms with Gasteiger partial charge in [-0.3, -0.25) is 0 Å². The van der Waals surface area contributed by atoms with E-state index in [0.717, 1.165) is 42.6 Å². The molecule has 1 aromatic carbocycles. The molecule has 3 aromatic rings. The molecule has 3 rings (SSSR count). The summed E-state index contributed by atoms with van der Waals surface area (Å²) in [7, 11) is 0. The summed E-state index contributed by atoms with van der Waals surface area (Å²) in [5.41, 5.74) is 1.64. The van der Waals surface area contributed by atoms with Crippen molar-refractivity contribution in [1.29, 1.82) is 0 Å². The molecule has 0 bridgehead atoms. The molecule has 0 fully saturated rings. The first-order valence-corrected chi connectivity index (χ1v) is 8.59. The molecular weight excluding hydrogens is 460 g/mol. The Morgan fingerprint density at radius 1 is 1.19 bits per heavy atom. The van der Waals surface area contributed by atoms with E-state index < -0.39 is 0 Å². The fourth-order valence-electron chi connectivity index (χ4n) is 2.44. The van der Waals surface area contributed by atoms with Gasteiger partial charge in [-0.2, -0.15) is 5.10 Å². The Morgan fingerprint density at radius 3 is 2.70 bits per heavy atom. The van der Waals surface area contributed by atoms with Crippen LogP contribution in [0.25, 0.3) is 5.69 Å². The third-order valence-corrected chi connectivity index (χ3v) is 3.72. The van der Waals surface area contributed by atoms with Crippen LogP contribution in [0.15, 0.2) is 64.3 Å². The van der Waals surface area contributed by atoms with Crippen molar-refractivity contribution in [3.8, 4) is 5.69 Å². The molecule has 2 N–H and O–H groups in total. The lowest BCUT2D eigenvalue weighted by Crippen LogP contribution is -2.38. The molecule has 0 spiro atoms. The van der Waals surface area contributed by atoms with Crippen LogP contribution in [0.1, 0.15) is 18.4 Å². The summed E-state index contributed by atoms with van der Waals surface area (Å²) in [5, 5.41) is 11.0. The first-order valence-electron chi connectivity index (χ1n) is 8.59. The number of hydrogen-bond acceptors (Lipinski definition) is 3. The van der Waals surface area contributed by atoms with Crippen LogP contribution in [0.5, 0.6) is 0 Å². The molecule has 27 heavy (non-hydrogen) atoms. The Morgan fingerprint density at radius 2 is 2.00 bits per heavy atom. The summed E-state index contributed by atoms with van der Waals surface area (Å²) >= 11 is 0. The molecule has 0 unspecified atom stereocenters. The number of benzene rings is 1. The molecule has 2 aromatic heterocycles. The number of aliphatic imine (C=N–C) groups is 1. The molecule has 0 amide bonds. The van der Waals surface area contributed by atoms with Crippen LogP contribution in [0.4, 0.5) is 4.39 Å². The number of nitrogens with one attached hydrogen (secondary N) is 2. The largest absolute Gasteiger partial charge is 0.469 e. The third-order valence-electron chi connectivity index (χ3n) is 3.72. The fourth-order valence-corrected chi connectivity index (χ4v) is 2.44. The van der Waals surface area contributed by atoms with Crippen LogP contribution in [0.2, 0.25) is 0 Å². The van der Waals surface area contributed by atoms with Crippen molar-refractivity contribution in [2.45, 2.75) is 19.9 Å². The van der Waals surface area contributed by atoms with Crippen LogP contribution in [-0.2, 0) is 13.0 Å². The minimum Gasteiger partial charge on any atom is -0.469 e. The Hall–Kier alpha value is -2.36. The molecule has 0 saturated heterocycles. The maximum absolute atomic E-state index is 13.0. The van der Waals surface area contributed by atoms with Crippen molar-refractivity contribution < 1.29 is 8.81 Å². The topological polar surface area (TPSA) is 67.4 Å². The quantitative estimate of drug-likeness (QED) is 0.307. The van der Waals surface area contributed by atoms with E-state index in [9.17, 15) is 4.39 Å². The van der Waals surface area contributed by atoms with Gasteiger partial charge < -0.3 is 15.1 Å². The first-order chi connectivity index (χ1) is 12.7. The number of nitrogens with zero attached hydrogens (tertiary/aromatic N) is 3. The average Bonchev–Trinajstić information content (AvgIpc) is 3.32. The molecule has 0 saturated carbocycles. The Labute approximate surface area is 174 Å². The summed E-state index contributed by atoms with van der Waals surface area (Å²) in [6.45, 7) is 3.97. The van der Waals surface area contributed by atoms with Gasteiger partial charge in [0.1, 0.15) is 11.6 Å². The molecule has 0 atom stereocenters. The highest BCUT2D eigenvalue weighted by molar-refractivity contribution is 14.0. The lowest BCUT2D eigenvalue weighted by Gasteiger charge is -2.10. The van der Waals surface area contributed by atoms with E-state index in [0.29, 0.717) is 6.54 Å². The molecule has 6 nitrogen and oxygen atoms in total. The minimum atomic E-state index is -0.262. The van der Waals surface area contributed by atoms with Crippen molar-refractivity contribution in [3.63, 3.8) is 0 Å². The van der Waals surface area contributed by atoms with Gasteiger partial charge in [0.05, 0.1) is 24.2 Å². The molecule has 0 aliphatic carbocycles. The van der Waals surface area contributed by atoms with Crippen LogP contribution in [0, 0.1) is 5.82 Å². The second kappa shape index (κ2) is 10.7. The molecule has 0 aliphatic heterocycles. The molecule has 0 radical (unpaired) electrons. The Kier molecular flexibility index (Phi) is 8.31. The van der Waals surface area contributed by atoms with E-state index in [-0.39, 0.29) is 29.8 Å². The predicted octanol–water partition coefficient (Wildman–Crippen LogP) is 3.52. The van der Waals surface area contributed by atoms with E-state index in [1.807, 2.05) is 31.3 Å². The highest BCUT2D eigenvalue weighted by Crippen LogP contribution is 2.09. The van der Waals surface area contributed by atoms with E-state index in [2.05, 4.69) is 20.7 Å². The summed E-state index contributed by atoms with van der Waals surface area (Å²) in [6.07, 6.45) is 4.30. The SMILES string of the molecule is CCNC(=NCc1ccn(-c2ccc(F)cc2)n1)NCCc1ccco1.I. The summed E-state index contributed by atoms with van der Waals surface area (Å²) in [5.74, 6) is 1.41. The van der Waals surface area contributed by atoms with E-state index >= 15 is 0 Å². The normalized spacial score (nSPS) is 11.1. The maximum Gasteiger partial charge on any atom is 0.191 e. The lowest BCUT2D eigenvalue weighted by atomic mass is 10.3. The summed E-state index contributed by atoms with van der Waals surface area (Å²) in [4.78, 5) is 4.55. The maximum atomic E-state index is 13.0. The van der Waals surface area contributed by atoms with Gasteiger partial charge >= 0.3 is 0 Å². The lowest BCUT2D eigenvalue weighted by molar-refractivity contribution is 0.507. The Balaban J connectivity index is 0.00000261. The zero-order valence-electron chi connectivity index (χ0n) is 15.1. The number of halogens is 2. The first kappa shape index (κ1) is 20.9. The number of hydrogen-bond donors (Lipinski definition) is 2. The van der Waals surface area contributed by atoms with Crippen molar-refractivity contribution in [2.75, 3.05) is 13.1 Å². The van der Waals surface area contributed by atoms with Crippen LogP contribution >= 0.6 is 24.0 Å². The van der Waals surface area contributed by atoms with Crippen molar-refractivity contribution in [1.82, 2.24) is 20.4 Å². The smallest absolute Gasteiger partial charge is 0.191 e. The van der Waals surface area contributed by atoms with Crippen LogP contribution < -0.4 is 10.6 Å². The van der Waals surface area contributed by atoms with Gasteiger partial charge in [-0.15, -0.1) is 24.0 Å². The number of rotatable bonds is 7. The monoisotopic (exact) mass is 483 g/mol. The molecular formula is C19H23FIN5O. The van der Waals surface area contributed by atoms with Gasteiger partial charge in [0.15, 0.2) is 5.96 Å². The van der Waals surface area contributed by atoms with E-state index in [1.54, 1.807) is 23.1 Å². The second-order valence-corrected chi connectivity index (χ2v) is 5.68. The van der Waals surface area contributed by atoms with E-state index in [4.69, 9.17) is 4.42 Å². The Bertz CT molecular complexity index is 830. The minimum absolute atomic E-state index is 0. The van der Waals surface area contributed by atoms with Gasteiger partial charge in [0.2, 0.25) is 0 Å². The van der Waals surface area contributed by atoms with Gasteiger partial charge in [0, 0.05) is 25.7 Å². The van der Waals surface area contributed by atoms with Gasteiger partial charge in [-0.05, 0) is 49.4 Å². The number of furan rings is 1. The average molecular weight is 483 g/mol. The second-order valence-electron chi connectivity index (χ2n) is 5.68. The highest BCUT2D eigenvalue weighted by atomic mass is 127. The summed E-state index contributed by atoms with van der Waals surface area (Å²) < 4.78 is 20.0. The van der Waals surface area contributed by atoms with Crippen molar-refractivity contribution in [2.24, 2.45) is 4.99 Å². The molecule has 0 aliphatic rings. The summed E-state index contributed by atoms with van der Waals surface area (Å²) in [6, 6.07) is 12.0. The number of guanidine groups is 1. The van der Waals surface area contributed by atoms with Gasteiger partial charge in [-0.25, -0.2) is 14.1 Å². The predicted molar refractivity (Wildman–Crippen MR) is 114 cm³/mol. The standard InChI is InChI=1S/C19H22FN5O.HI/c1-2-21-19(22-11-9-18-4-3-13-26-18)23-14-16-10-12-25(24-16)17-7-5-15(20)6-8-17;/h3-8,10,12-13H,2,9,11,14H2,1H3,(H2,21,22,23);1H. The van der Waals surface area contributed by atoms with Gasteiger partial charge in [-0.1, -0.05) is 0 Å². The molecule has 144 valence electrons. The van der Waals surface area contributed by atoms with E-state index in [1.165, 1.54) is 12.1 Å². The van der Waals surface area contributed by atoms with Crippen molar-refractivity contribution in [3.05, 3.63) is 72.2 Å². The zero-order valence-corrected chi connectivity index (χ0v) is 17.4. The highest BCUT2D eigenvalue weighted by Gasteiger charge is 2.03. The van der Waals surface area contributed by atoms with Gasteiger partial charge in [0.25, 0.3) is 0 Å². The third kappa shape index (κ3) is 6.38. The fraction of sp³-hybridized carbons (Fsp3) is 0.263. The van der Waals surface area contributed by atoms with Crippen LogP contribution in [-0.4, -0.2) is 28.8 Å². The number of aromatic nitrogens is 2.